The first-order valence-corrected chi connectivity index (χ1v) is 8.74. The van der Waals surface area contributed by atoms with Gasteiger partial charge in [-0.05, 0) is 25.8 Å². The van der Waals surface area contributed by atoms with Crippen molar-refractivity contribution in [2.75, 3.05) is 37.1 Å². The van der Waals surface area contributed by atoms with E-state index in [9.17, 15) is 8.42 Å². The van der Waals surface area contributed by atoms with Crippen molar-refractivity contribution in [1.29, 1.82) is 0 Å². The van der Waals surface area contributed by atoms with Gasteiger partial charge in [-0.2, -0.15) is 0 Å². The van der Waals surface area contributed by atoms with Crippen LogP contribution in [0.2, 0.25) is 0 Å². The summed E-state index contributed by atoms with van der Waals surface area (Å²) in [5.74, 6) is 0.715. The third kappa shape index (κ3) is 4.42. The summed E-state index contributed by atoms with van der Waals surface area (Å²) in [5, 5.41) is 3.18. The number of aryl methyl sites for hydroxylation is 1. The second kappa shape index (κ2) is 6.05. The summed E-state index contributed by atoms with van der Waals surface area (Å²) in [5.41, 5.74) is 0.588. The molecule has 6 nitrogen and oxygen atoms in total. The van der Waals surface area contributed by atoms with Crippen LogP contribution in [0.25, 0.3) is 0 Å². The van der Waals surface area contributed by atoms with Crippen LogP contribution in [-0.4, -0.2) is 50.2 Å². The summed E-state index contributed by atoms with van der Waals surface area (Å²) in [6, 6.07) is 1.83. The molecule has 0 unspecified atom stereocenters. The summed E-state index contributed by atoms with van der Waals surface area (Å²) in [7, 11) is -3.03. The van der Waals surface area contributed by atoms with Crippen LogP contribution >= 0.6 is 0 Å². The number of hydrogen-bond acceptors (Lipinski definition) is 6. The summed E-state index contributed by atoms with van der Waals surface area (Å²) in [6.45, 7) is 3.65. The predicted molar refractivity (Wildman–Crippen MR) is 77.5 cm³/mol. The highest BCUT2D eigenvalue weighted by Crippen LogP contribution is 2.32. The van der Waals surface area contributed by atoms with Crippen LogP contribution in [-0.2, 0) is 14.6 Å². The number of rotatable bonds is 5. The van der Waals surface area contributed by atoms with Gasteiger partial charge in [0.1, 0.15) is 9.84 Å². The molecular formula is C13H21N3O3S. The van der Waals surface area contributed by atoms with Crippen molar-refractivity contribution in [3.8, 4) is 0 Å². The third-order valence-electron chi connectivity index (χ3n) is 3.54. The fourth-order valence-corrected chi connectivity index (χ4v) is 4.04. The maximum Gasteiger partial charge on any atom is 0.222 e. The normalized spacial score (nSPS) is 18.7. The molecule has 0 aliphatic carbocycles. The minimum atomic E-state index is -3.03. The topological polar surface area (TPSA) is 81.2 Å². The molecule has 0 spiro atoms. The number of hydrogen-bond donors (Lipinski definition) is 1. The van der Waals surface area contributed by atoms with Crippen LogP contribution in [0.3, 0.4) is 0 Å². The van der Waals surface area contributed by atoms with Gasteiger partial charge in [0.2, 0.25) is 5.95 Å². The molecule has 1 aliphatic heterocycles. The van der Waals surface area contributed by atoms with Crippen LogP contribution < -0.4 is 5.32 Å². The Labute approximate surface area is 119 Å². The molecule has 7 heteroatoms. The largest absolute Gasteiger partial charge is 0.381 e. The SMILES string of the molecule is Cc1ccnc(NCC2(CS(C)(=O)=O)CCOCC2)n1. The summed E-state index contributed by atoms with van der Waals surface area (Å²) >= 11 is 0. The summed E-state index contributed by atoms with van der Waals surface area (Å²) < 4.78 is 28.7. The standard InChI is InChI=1S/C13H21N3O3S/c1-11-3-6-14-12(16-11)15-9-13(10-20(2,17)18)4-7-19-8-5-13/h3,6H,4-5,7-10H2,1-2H3,(H,14,15,16). The molecule has 1 saturated heterocycles. The molecule has 1 fully saturated rings. The van der Waals surface area contributed by atoms with Crippen molar-refractivity contribution in [2.45, 2.75) is 19.8 Å². The van der Waals surface area contributed by atoms with Crippen molar-refractivity contribution in [3.05, 3.63) is 18.0 Å². The molecule has 0 radical (unpaired) electrons. The van der Waals surface area contributed by atoms with Crippen molar-refractivity contribution in [3.63, 3.8) is 0 Å². The Bertz CT molecular complexity index is 554. The van der Waals surface area contributed by atoms with E-state index in [2.05, 4.69) is 15.3 Å². The number of ether oxygens (including phenoxy) is 1. The smallest absolute Gasteiger partial charge is 0.222 e. The highest BCUT2D eigenvalue weighted by molar-refractivity contribution is 7.90. The van der Waals surface area contributed by atoms with E-state index >= 15 is 0 Å². The van der Waals surface area contributed by atoms with Crippen LogP contribution in [0.4, 0.5) is 5.95 Å². The Hall–Kier alpha value is -1.21. The Kier molecular flexibility index (Phi) is 4.59. The molecule has 0 saturated carbocycles. The summed E-state index contributed by atoms with van der Waals surface area (Å²) in [6.07, 6.45) is 4.45. The zero-order valence-electron chi connectivity index (χ0n) is 11.9. The number of nitrogens with zero attached hydrogens (tertiary/aromatic N) is 2. The van der Waals surface area contributed by atoms with Gasteiger partial charge >= 0.3 is 0 Å². The summed E-state index contributed by atoms with van der Waals surface area (Å²) in [4.78, 5) is 8.43. The highest BCUT2D eigenvalue weighted by Gasteiger charge is 2.36. The molecular weight excluding hydrogens is 278 g/mol. The molecule has 1 aromatic rings. The molecule has 1 N–H and O–H groups in total. The lowest BCUT2D eigenvalue weighted by molar-refractivity contribution is 0.0314. The van der Waals surface area contributed by atoms with Crippen molar-refractivity contribution < 1.29 is 13.2 Å². The van der Waals surface area contributed by atoms with Gasteiger partial charge in [-0.1, -0.05) is 0 Å². The average Bonchev–Trinajstić information content (AvgIpc) is 2.36. The lowest BCUT2D eigenvalue weighted by Crippen LogP contribution is -2.41. The molecule has 1 aliphatic rings. The van der Waals surface area contributed by atoms with Gasteiger partial charge in [-0.25, -0.2) is 18.4 Å². The minimum absolute atomic E-state index is 0.169. The lowest BCUT2D eigenvalue weighted by atomic mass is 9.82. The fraction of sp³-hybridized carbons (Fsp3) is 0.692. The van der Waals surface area contributed by atoms with E-state index in [1.807, 2.05) is 13.0 Å². The second-order valence-corrected chi connectivity index (χ2v) is 7.70. The zero-order valence-corrected chi connectivity index (χ0v) is 12.7. The van der Waals surface area contributed by atoms with Gasteiger partial charge in [0.05, 0.1) is 5.75 Å². The Morgan fingerprint density at radius 3 is 2.70 bits per heavy atom. The first-order valence-electron chi connectivity index (χ1n) is 6.68. The molecule has 20 heavy (non-hydrogen) atoms. The van der Waals surface area contributed by atoms with E-state index in [-0.39, 0.29) is 11.2 Å². The van der Waals surface area contributed by atoms with E-state index in [1.54, 1.807) is 6.20 Å². The number of aromatic nitrogens is 2. The van der Waals surface area contributed by atoms with Gasteiger partial charge < -0.3 is 10.1 Å². The molecule has 0 amide bonds. The van der Waals surface area contributed by atoms with Gasteiger partial charge in [-0.15, -0.1) is 0 Å². The van der Waals surface area contributed by atoms with Gasteiger partial charge in [0, 0.05) is 43.3 Å². The number of sulfone groups is 1. The molecule has 2 rings (SSSR count). The van der Waals surface area contributed by atoms with Crippen LogP contribution in [0.1, 0.15) is 18.5 Å². The van der Waals surface area contributed by atoms with Crippen LogP contribution in [0.15, 0.2) is 12.3 Å². The van der Waals surface area contributed by atoms with E-state index in [1.165, 1.54) is 6.26 Å². The predicted octanol–water partition coefficient (Wildman–Crippen LogP) is 1.04. The van der Waals surface area contributed by atoms with E-state index in [0.717, 1.165) is 18.5 Å². The number of anilines is 1. The van der Waals surface area contributed by atoms with Gasteiger partial charge in [0.15, 0.2) is 0 Å². The highest BCUT2D eigenvalue weighted by atomic mass is 32.2. The third-order valence-corrected chi connectivity index (χ3v) is 4.67. The van der Waals surface area contributed by atoms with Gasteiger partial charge in [0.25, 0.3) is 0 Å². The maximum atomic E-state index is 11.7. The van der Waals surface area contributed by atoms with E-state index < -0.39 is 9.84 Å². The zero-order chi connectivity index (χ0) is 14.6. The minimum Gasteiger partial charge on any atom is -0.381 e. The van der Waals surface area contributed by atoms with E-state index in [4.69, 9.17) is 4.74 Å². The average molecular weight is 299 g/mol. The molecule has 1 aromatic heterocycles. The Balaban J connectivity index is 2.08. The molecule has 2 heterocycles. The first kappa shape index (κ1) is 15.2. The molecule has 0 aromatic carbocycles. The Morgan fingerprint density at radius 2 is 2.10 bits per heavy atom. The van der Waals surface area contributed by atoms with E-state index in [0.29, 0.717) is 25.7 Å². The van der Waals surface area contributed by atoms with Crippen LogP contribution in [0.5, 0.6) is 0 Å². The van der Waals surface area contributed by atoms with Crippen molar-refractivity contribution in [2.24, 2.45) is 5.41 Å². The maximum absolute atomic E-state index is 11.7. The van der Waals surface area contributed by atoms with Crippen molar-refractivity contribution >= 4 is 15.8 Å². The van der Waals surface area contributed by atoms with Gasteiger partial charge in [-0.3, -0.25) is 0 Å². The lowest BCUT2D eigenvalue weighted by Gasteiger charge is -2.36. The van der Waals surface area contributed by atoms with Crippen LogP contribution in [0, 0.1) is 12.3 Å². The Morgan fingerprint density at radius 1 is 1.40 bits per heavy atom. The number of nitrogens with one attached hydrogen (secondary N) is 1. The fourth-order valence-electron chi connectivity index (χ4n) is 2.53. The second-order valence-electron chi connectivity index (χ2n) is 5.56. The van der Waals surface area contributed by atoms with Crippen molar-refractivity contribution in [1.82, 2.24) is 9.97 Å². The quantitative estimate of drug-likeness (QED) is 0.875. The molecule has 0 atom stereocenters. The first-order chi connectivity index (χ1) is 9.39. The monoisotopic (exact) mass is 299 g/mol. The molecule has 0 bridgehead atoms. The molecule has 112 valence electrons.